The third kappa shape index (κ3) is 50.8. The summed E-state index contributed by atoms with van der Waals surface area (Å²) >= 11 is 0. The van der Waals surface area contributed by atoms with E-state index in [2.05, 4.69) is 47.2 Å². The van der Waals surface area contributed by atoms with E-state index in [0.717, 1.165) is 83.1 Å². The highest BCUT2D eigenvalue weighted by atomic mass is 31.2. The number of nitrogens with one attached hydrogen (secondary N) is 8. The minimum atomic E-state index is -1.48. The molecule has 3 rings (SSSR count). The summed E-state index contributed by atoms with van der Waals surface area (Å²) in [6, 6.07) is -4.55. The van der Waals surface area contributed by atoms with E-state index < -0.39 is 253 Å². The van der Waals surface area contributed by atoms with Gasteiger partial charge in [0.1, 0.15) is 74.9 Å². The number of amides is 8. The van der Waals surface area contributed by atoms with Gasteiger partial charge in [0.05, 0.1) is 125 Å². The van der Waals surface area contributed by atoms with Crippen LogP contribution in [0.4, 0.5) is 0 Å². The molecule has 3 fully saturated rings. The quantitative estimate of drug-likeness (QED) is 0.0133. The third-order valence-electron chi connectivity index (χ3n) is 18.5. The highest BCUT2D eigenvalue weighted by Gasteiger charge is 2.55. The van der Waals surface area contributed by atoms with Crippen molar-refractivity contribution >= 4 is 110 Å². The standard InChI is InChI=1S/C83H135N10O41P/c1-48(2)93(49(3)4)135(124-27-22-84)125-44-40-117-36-35-116-34-33-115-32-31-111-26-21-69(108)92-63(80(110)87-25-30-114-39-43-120-83-72(90-52(7)96)78(131-61(16)105)75(128-58(13)102)66(134-83)47-123-55(10)99)18-20-68(107)91-62(79(109)86-24-29-113-38-42-119-82-71(89-51(6)95)77(130-60(15)104)74(127-57(12)101)65(133-82)46-122-54(9)98)17-19-67(106)85-23-28-112-37-41-118-81-70(88-50(5)94)76(129-59(14)103)73(126-56(11)100)64(132-81)45-121-53(8)97/h48-49,62-66,70-78,81-83H,17-21,23-47H2,1-16H3,(H,85,106)(H,86,109)(H,87,110)(H,88,94)(H,89,95)(H,90,96)(H,91,107)(H,92,108). The van der Waals surface area contributed by atoms with Crippen molar-refractivity contribution < 1.29 is 195 Å². The number of esters is 9. The normalized spacial score (nSPS) is 22.0. The van der Waals surface area contributed by atoms with Gasteiger partial charge in [-0.3, -0.25) is 81.5 Å². The molecule has 135 heavy (non-hydrogen) atoms. The molecular weight excluding hydrogens is 1820 g/mol. The second kappa shape index (κ2) is 67.5. The van der Waals surface area contributed by atoms with Gasteiger partial charge >= 0.3 is 53.7 Å². The van der Waals surface area contributed by atoms with E-state index in [0.29, 0.717) is 0 Å². The van der Waals surface area contributed by atoms with Crippen molar-refractivity contribution in [3.63, 3.8) is 0 Å². The van der Waals surface area contributed by atoms with Crippen molar-refractivity contribution in [3.8, 4) is 6.07 Å². The van der Waals surface area contributed by atoms with Gasteiger partial charge in [-0.1, -0.05) is 0 Å². The first-order valence-corrected chi connectivity index (χ1v) is 45.0. The lowest BCUT2D eigenvalue weighted by Gasteiger charge is -2.44. The van der Waals surface area contributed by atoms with Crippen molar-refractivity contribution in [2.45, 2.75) is 259 Å². The van der Waals surface area contributed by atoms with Crippen LogP contribution < -0.4 is 42.5 Å². The molecule has 8 amide bonds. The summed E-state index contributed by atoms with van der Waals surface area (Å²) in [4.78, 5) is 216. The average molecular weight is 1960 g/mol. The molecule has 768 valence electrons. The molecule has 0 aliphatic carbocycles. The van der Waals surface area contributed by atoms with Gasteiger partial charge in [0.15, 0.2) is 55.5 Å². The van der Waals surface area contributed by atoms with E-state index in [9.17, 15) is 81.5 Å². The molecule has 0 radical (unpaired) electrons. The van der Waals surface area contributed by atoms with E-state index >= 15 is 0 Å². The number of rotatable bonds is 67. The Hall–Kier alpha value is -9.73. The minimum absolute atomic E-state index is 0.0508. The molecule has 0 spiro atoms. The number of hydrogen-bond acceptors (Lipinski definition) is 43. The van der Waals surface area contributed by atoms with Gasteiger partial charge in [-0.2, -0.15) is 5.26 Å². The summed E-state index contributed by atoms with van der Waals surface area (Å²) in [5.41, 5.74) is 0. The van der Waals surface area contributed by atoms with Crippen molar-refractivity contribution in [1.82, 2.24) is 47.2 Å². The molecule has 3 saturated heterocycles. The predicted molar refractivity (Wildman–Crippen MR) is 458 cm³/mol. The Morgan fingerprint density at radius 3 is 0.919 bits per heavy atom. The number of ether oxygens (including phenoxy) is 22. The van der Waals surface area contributed by atoms with Crippen LogP contribution >= 0.6 is 8.53 Å². The lowest BCUT2D eigenvalue weighted by Crippen LogP contribution is -2.66. The Morgan fingerprint density at radius 2 is 0.615 bits per heavy atom. The van der Waals surface area contributed by atoms with Crippen molar-refractivity contribution in [2.75, 3.05) is 165 Å². The van der Waals surface area contributed by atoms with E-state index in [1.807, 2.05) is 33.8 Å². The fourth-order valence-corrected chi connectivity index (χ4v) is 14.8. The SMILES string of the molecule is CC(=O)NC1C(OCCOCCNC(=O)CCC(NC(=O)CCC(NC(=O)CCOCCOCCOCCOCCOP(OCC#N)N(C(C)C)C(C)C)C(=O)NCCOCCOC2OC(COC(C)=O)C(OC(C)=O)C(OC(C)=O)C2NC(C)=O)C(=O)NCCOCCOC2OC(COC(C)=O)C(OC(C)=O)C(OC(C)=O)C2NC(C)=O)OC(COC(C)=O)C(OC(C)=O)C1OC(C)=O. The van der Waals surface area contributed by atoms with Crippen LogP contribution in [0.25, 0.3) is 0 Å². The van der Waals surface area contributed by atoms with Crippen LogP contribution in [0.1, 0.15) is 143 Å². The first-order valence-electron chi connectivity index (χ1n) is 43.8. The Labute approximate surface area is 783 Å². The van der Waals surface area contributed by atoms with Crippen molar-refractivity contribution in [3.05, 3.63) is 0 Å². The molecule has 0 aromatic rings. The molecule has 3 aliphatic heterocycles. The van der Waals surface area contributed by atoms with E-state index in [1.54, 1.807) is 0 Å². The summed E-state index contributed by atoms with van der Waals surface area (Å²) in [5.74, 6) is -12.8. The summed E-state index contributed by atoms with van der Waals surface area (Å²) in [5, 5.41) is 29.9. The number of carbonyl (C=O) groups is 17. The van der Waals surface area contributed by atoms with Crippen LogP contribution in [0.15, 0.2) is 0 Å². The van der Waals surface area contributed by atoms with E-state index in [1.165, 1.54) is 0 Å². The molecule has 0 aromatic heterocycles. The monoisotopic (exact) mass is 1960 g/mol. The summed E-state index contributed by atoms with van der Waals surface area (Å²) in [7, 11) is -1.48. The molecule has 52 heteroatoms. The van der Waals surface area contributed by atoms with Crippen LogP contribution in [0.3, 0.4) is 0 Å². The van der Waals surface area contributed by atoms with Crippen LogP contribution in [-0.2, 0) is 195 Å². The molecule has 18 atom stereocenters. The van der Waals surface area contributed by atoms with Crippen LogP contribution in [0, 0.1) is 11.3 Å². The summed E-state index contributed by atoms with van der Waals surface area (Å²) in [6.07, 6.45) is -18.4. The number of carbonyl (C=O) groups excluding carboxylic acids is 17. The minimum Gasteiger partial charge on any atom is -0.463 e. The Bertz CT molecular complexity index is 3750. The second-order valence-electron chi connectivity index (χ2n) is 30.6. The number of nitrogens with zero attached hydrogens (tertiary/aromatic N) is 2. The Balaban J connectivity index is 1.81. The van der Waals surface area contributed by atoms with Gasteiger partial charge in [-0.25, -0.2) is 4.67 Å². The van der Waals surface area contributed by atoms with Gasteiger partial charge in [-0.15, -0.1) is 0 Å². The molecule has 0 aromatic carbocycles. The lowest BCUT2D eigenvalue weighted by molar-refractivity contribution is -0.279. The fourth-order valence-electron chi connectivity index (χ4n) is 13.3. The molecule has 18 unspecified atom stereocenters. The molecular formula is C83H135N10O41P. The lowest BCUT2D eigenvalue weighted by atomic mass is 9.96. The Kier molecular flexibility index (Phi) is 59.7. The summed E-state index contributed by atoms with van der Waals surface area (Å²) in [6.45, 7) is 18.7. The number of nitriles is 1. The van der Waals surface area contributed by atoms with Gasteiger partial charge in [-0.05, 0) is 40.5 Å². The van der Waals surface area contributed by atoms with E-state index in [-0.39, 0.29) is 170 Å². The Morgan fingerprint density at radius 1 is 0.333 bits per heavy atom. The molecule has 0 bridgehead atoms. The van der Waals surface area contributed by atoms with Crippen LogP contribution in [0.5, 0.6) is 0 Å². The van der Waals surface area contributed by atoms with Crippen molar-refractivity contribution in [1.29, 1.82) is 5.26 Å². The fraction of sp³-hybridized carbons (Fsp3) is 0.783. The topological polar surface area (TPSA) is 635 Å². The third-order valence-corrected chi connectivity index (χ3v) is 20.6. The molecule has 3 aliphatic rings. The van der Waals surface area contributed by atoms with Crippen molar-refractivity contribution in [2.24, 2.45) is 0 Å². The highest BCUT2D eigenvalue weighted by molar-refractivity contribution is 7.44. The predicted octanol–water partition coefficient (Wildman–Crippen LogP) is -2.71. The maximum absolute atomic E-state index is 14.2. The van der Waals surface area contributed by atoms with Gasteiger partial charge < -0.3 is 156 Å². The first-order chi connectivity index (χ1) is 64.1. The van der Waals surface area contributed by atoms with Crippen LogP contribution in [0.2, 0.25) is 0 Å². The zero-order valence-corrected chi connectivity index (χ0v) is 80.2. The van der Waals surface area contributed by atoms with Gasteiger partial charge in [0, 0.05) is 134 Å². The average Bonchev–Trinajstić information content (AvgIpc) is 0.794. The van der Waals surface area contributed by atoms with Gasteiger partial charge in [0.25, 0.3) is 8.53 Å². The maximum Gasteiger partial charge on any atom is 0.303 e. The molecule has 51 nitrogen and oxygen atoms in total. The molecule has 0 saturated carbocycles. The smallest absolute Gasteiger partial charge is 0.303 e. The zero-order chi connectivity index (χ0) is 100. The summed E-state index contributed by atoms with van der Waals surface area (Å²) < 4.78 is 137. The highest BCUT2D eigenvalue weighted by Crippen LogP contribution is 2.45. The zero-order valence-electron chi connectivity index (χ0n) is 79.3. The van der Waals surface area contributed by atoms with Gasteiger partial charge in [0.2, 0.25) is 47.3 Å². The largest absolute Gasteiger partial charge is 0.463 e. The number of hydrogen-bond donors (Lipinski definition) is 8. The molecule has 8 N–H and O–H groups in total. The maximum atomic E-state index is 14.2. The first kappa shape index (κ1) is 119. The van der Waals surface area contributed by atoms with E-state index in [4.69, 9.17) is 119 Å². The molecule has 3 heterocycles. The van der Waals surface area contributed by atoms with Crippen LogP contribution in [-0.4, -0.2) is 387 Å². The second-order valence-corrected chi connectivity index (χ2v) is 32.1.